The summed E-state index contributed by atoms with van der Waals surface area (Å²) in [5.41, 5.74) is 2.58. The number of rotatable bonds is 7. The van der Waals surface area contributed by atoms with Gasteiger partial charge in [0.1, 0.15) is 0 Å². The van der Waals surface area contributed by atoms with Gasteiger partial charge in [-0.05, 0) is 50.3 Å². The minimum Gasteiger partial charge on any atom is -0.396 e. The van der Waals surface area contributed by atoms with E-state index in [4.69, 9.17) is 5.11 Å². The number of aliphatic hydroxyl groups excluding tert-OH is 1. The lowest BCUT2D eigenvalue weighted by atomic mass is 10.1. The molecule has 2 atom stereocenters. The molecule has 0 amide bonds. The van der Waals surface area contributed by atoms with Crippen molar-refractivity contribution in [3.63, 3.8) is 0 Å². The molecule has 0 radical (unpaired) electrons. The van der Waals surface area contributed by atoms with Crippen molar-refractivity contribution in [1.29, 1.82) is 0 Å². The topological polar surface area (TPSA) is 59.9 Å². The van der Waals surface area contributed by atoms with Crippen molar-refractivity contribution in [2.75, 3.05) is 37.7 Å². The van der Waals surface area contributed by atoms with Crippen molar-refractivity contribution in [3.8, 4) is 0 Å². The summed E-state index contributed by atoms with van der Waals surface area (Å²) in [4.78, 5) is 7.03. The van der Waals surface area contributed by atoms with Crippen LogP contribution in [0.25, 0.3) is 0 Å². The van der Waals surface area contributed by atoms with Crippen LogP contribution in [0.5, 0.6) is 0 Å². The molecule has 1 fully saturated rings. The molecule has 1 saturated heterocycles. The van der Waals surface area contributed by atoms with Crippen LogP contribution in [0, 0.1) is 5.92 Å². The van der Waals surface area contributed by atoms with Crippen LogP contribution in [-0.4, -0.2) is 43.9 Å². The smallest absolute Gasteiger partial charge is 0.191 e. The van der Waals surface area contributed by atoms with E-state index in [1.54, 1.807) is 0 Å². The van der Waals surface area contributed by atoms with Crippen molar-refractivity contribution in [1.82, 2.24) is 10.6 Å². The Hall–Kier alpha value is -1.02. The number of benzene rings is 1. The molecule has 1 aromatic rings. The van der Waals surface area contributed by atoms with Crippen LogP contribution in [0.1, 0.15) is 45.2 Å². The van der Waals surface area contributed by atoms with Crippen molar-refractivity contribution in [2.24, 2.45) is 10.9 Å². The number of nitrogens with zero attached hydrogens (tertiary/aromatic N) is 2. The van der Waals surface area contributed by atoms with Crippen LogP contribution in [0.4, 0.5) is 5.69 Å². The van der Waals surface area contributed by atoms with Gasteiger partial charge in [0.05, 0.1) is 6.04 Å². The number of anilines is 1. The fourth-order valence-corrected chi connectivity index (χ4v) is 2.88. The van der Waals surface area contributed by atoms with E-state index in [1.807, 2.05) is 6.92 Å². The van der Waals surface area contributed by atoms with Crippen molar-refractivity contribution in [2.45, 2.75) is 39.7 Å². The fraction of sp³-hybridized carbons (Fsp3) is 0.632. The predicted octanol–water partition coefficient (Wildman–Crippen LogP) is 3.15. The second-order valence-electron chi connectivity index (χ2n) is 6.66. The average Bonchev–Trinajstić information content (AvgIpc) is 3.14. The summed E-state index contributed by atoms with van der Waals surface area (Å²) in [6.07, 6.45) is 2.58. The lowest BCUT2D eigenvalue weighted by Crippen LogP contribution is -2.39. The molecule has 1 heterocycles. The van der Waals surface area contributed by atoms with E-state index in [2.05, 4.69) is 58.6 Å². The second kappa shape index (κ2) is 11.6. The molecule has 1 aliphatic heterocycles. The summed E-state index contributed by atoms with van der Waals surface area (Å²) in [5.74, 6) is 0.978. The number of hydrogen-bond donors (Lipinski definition) is 3. The van der Waals surface area contributed by atoms with Gasteiger partial charge in [-0.25, -0.2) is 0 Å². The molecule has 2 rings (SSSR count). The maximum atomic E-state index is 9.16. The Bertz CT molecular complexity index is 532. The summed E-state index contributed by atoms with van der Waals surface area (Å²) in [6.45, 7) is 10.1. The van der Waals surface area contributed by atoms with Gasteiger partial charge in [-0.3, -0.25) is 4.99 Å². The fourth-order valence-electron chi connectivity index (χ4n) is 2.88. The molecule has 0 spiro atoms. The van der Waals surface area contributed by atoms with Crippen molar-refractivity contribution < 1.29 is 5.11 Å². The van der Waals surface area contributed by atoms with Gasteiger partial charge in [0.2, 0.25) is 0 Å². The Morgan fingerprint density at radius 2 is 2.00 bits per heavy atom. The summed E-state index contributed by atoms with van der Waals surface area (Å²) in [7, 11) is 0. The van der Waals surface area contributed by atoms with Gasteiger partial charge in [-0.2, -0.15) is 0 Å². The Morgan fingerprint density at radius 1 is 1.28 bits per heavy atom. The van der Waals surface area contributed by atoms with E-state index >= 15 is 0 Å². The van der Waals surface area contributed by atoms with Gasteiger partial charge in [0, 0.05) is 38.5 Å². The third-order valence-electron chi connectivity index (χ3n) is 4.41. The lowest BCUT2D eigenvalue weighted by Gasteiger charge is -2.22. The van der Waals surface area contributed by atoms with Crippen LogP contribution in [0.15, 0.2) is 29.3 Å². The molecule has 0 aromatic heterocycles. The van der Waals surface area contributed by atoms with Gasteiger partial charge >= 0.3 is 0 Å². The first-order valence-electron chi connectivity index (χ1n) is 9.14. The summed E-state index contributed by atoms with van der Waals surface area (Å²) in [6, 6.07) is 8.96. The summed E-state index contributed by atoms with van der Waals surface area (Å²) in [5, 5.41) is 15.9. The second-order valence-corrected chi connectivity index (χ2v) is 6.66. The monoisotopic (exact) mass is 460 g/mol. The molecule has 0 saturated carbocycles. The highest BCUT2D eigenvalue weighted by Crippen LogP contribution is 2.23. The third-order valence-corrected chi connectivity index (χ3v) is 4.41. The predicted molar refractivity (Wildman–Crippen MR) is 117 cm³/mol. The van der Waals surface area contributed by atoms with Crippen LogP contribution >= 0.6 is 24.0 Å². The van der Waals surface area contributed by atoms with E-state index in [0.29, 0.717) is 6.54 Å². The Balaban J connectivity index is 0.00000312. The minimum atomic E-state index is 0. The van der Waals surface area contributed by atoms with Crippen LogP contribution in [0.2, 0.25) is 0 Å². The van der Waals surface area contributed by atoms with Gasteiger partial charge < -0.3 is 20.6 Å². The first-order valence-corrected chi connectivity index (χ1v) is 9.14. The molecule has 0 aliphatic carbocycles. The van der Waals surface area contributed by atoms with E-state index in [9.17, 15) is 0 Å². The number of guanidine groups is 1. The molecule has 1 aromatic carbocycles. The zero-order chi connectivity index (χ0) is 17.4. The van der Waals surface area contributed by atoms with E-state index in [1.165, 1.54) is 24.1 Å². The number of aliphatic hydroxyl groups is 1. The highest BCUT2D eigenvalue weighted by atomic mass is 127. The van der Waals surface area contributed by atoms with E-state index < -0.39 is 0 Å². The van der Waals surface area contributed by atoms with Gasteiger partial charge in [0.25, 0.3) is 0 Å². The molecule has 5 nitrogen and oxygen atoms in total. The third kappa shape index (κ3) is 7.01. The average molecular weight is 460 g/mol. The number of halogens is 1. The number of hydrogen-bond acceptors (Lipinski definition) is 3. The molecule has 1 aliphatic rings. The quantitative estimate of drug-likeness (QED) is 0.333. The van der Waals surface area contributed by atoms with Crippen LogP contribution in [0.3, 0.4) is 0 Å². The summed E-state index contributed by atoms with van der Waals surface area (Å²) >= 11 is 0. The molecule has 3 N–H and O–H groups in total. The van der Waals surface area contributed by atoms with Crippen molar-refractivity contribution in [3.05, 3.63) is 29.8 Å². The molecule has 0 bridgehead atoms. The molecule has 25 heavy (non-hydrogen) atoms. The SMILES string of the molecule is CCNC(=NCC(C)CO)NC(C)c1cccc(N2CCCC2)c1.I. The van der Waals surface area contributed by atoms with Gasteiger partial charge in [-0.1, -0.05) is 19.1 Å². The standard InChI is InChI=1S/C19H32N4O.HI/c1-4-20-19(21-13-15(2)14-24)22-16(3)17-8-7-9-18(12-17)23-10-5-6-11-23;/h7-9,12,15-16,24H,4-6,10-11,13-14H2,1-3H3,(H2,20,21,22);1H. The zero-order valence-corrected chi connectivity index (χ0v) is 18.0. The maximum absolute atomic E-state index is 9.16. The van der Waals surface area contributed by atoms with Gasteiger partial charge in [-0.15, -0.1) is 24.0 Å². The highest BCUT2D eigenvalue weighted by molar-refractivity contribution is 14.0. The number of nitrogens with one attached hydrogen (secondary N) is 2. The highest BCUT2D eigenvalue weighted by Gasteiger charge is 2.14. The first kappa shape index (κ1) is 22.0. The van der Waals surface area contributed by atoms with E-state index in [0.717, 1.165) is 25.6 Å². The molecule has 142 valence electrons. The number of aliphatic imine (C=N–C) groups is 1. The minimum absolute atomic E-state index is 0. The maximum Gasteiger partial charge on any atom is 0.191 e. The zero-order valence-electron chi connectivity index (χ0n) is 15.7. The first-order chi connectivity index (χ1) is 11.6. The van der Waals surface area contributed by atoms with Gasteiger partial charge in [0.15, 0.2) is 5.96 Å². The van der Waals surface area contributed by atoms with Crippen molar-refractivity contribution >= 4 is 35.6 Å². The van der Waals surface area contributed by atoms with Crippen LogP contribution < -0.4 is 15.5 Å². The molecular formula is C19H33IN4O. The molecule has 6 heteroatoms. The largest absolute Gasteiger partial charge is 0.396 e. The molecular weight excluding hydrogens is 427 g/mol. The normalized spacial score (nSPS) is 17.0. The Kier molecular flexibility index (Phi) is 10.2. The van der Waals surface area contributed by atoms with Crippen LogP contribution in [-0.2, 0) is 0 Å². The summed E-state index contributed by atoms with van der Waals surface area (Å²) < 4.78 is 0. The molecule has 2 unspecified atom stereocenters. The Labute approximate surface area is 169 Å². The lowest BCUT2D eigenvalue weighted by molar-refractivity contribution is 0.241. The van der Waals surface area contributed by atoms with E-state index in [-0.39, 0.29) is 42.5 Å². The Morgan fingerprint density at radius 3 is 2.64 bits per heavy atom.